The number of nitrogens with one attached hydrogen (secondary N) is 1. The number of hydrogen-bond donors (Lipinski definition) is 1. The van der Waals surface area contributed by atoms with Crippen molar-refractivity contribution < 1.29 is 28.6 Å². The van der Waals surface area contributed by atoms with E-state index in [4.69, 9.17) is 14.2 Å². The molecule has 3 aliphatic heterocycles. The normalized spacial score (nSPS) is 36.6. The molecule has 2 bridgehead atoms. The van der Waals surface area contributed by atoms with E-state index in [0.29, 0.717) is 6.42 Å². The molecule has 3 aliphatic rings. The van der Waals surface area contributed by atoms with E-state index in [0.717, 1.165) is 6.08 Å². The third-order valence-corrected chi connectivity index (χ3v) is 3.87. The molecule has 0 aliphatic carbocycles. The summed E-state index contributed by atoms with van der Waals surface area (Å²) in [5, 5.41) is 2.49. The SMILES string of the molecule is C=CC(=O)NCCC(=O)OC1C2CC3C(=O)OC1C3O2. The van der Waals surface area contributed by atoms with Crippen LogP contribution in [0.3, 0.4) is 0 Å². The largest absolute Gasteiger partial charge is 0.455 e. The van der Waals surface area contributed by atoms with Crippen molar-refractivity contribution >= 4 is 17.8 Å². The maximum atomic E-state index is 11.7. The Labute approximate surface area is 115 Å². The summed E-state index contributed by atoms with van der Waals surface area (Å²) in [5.41, 5.74) is 0. The van der Waals surface area contributed by atoms with Crippen LogP contribution in [0.5, 0.6) is 0 Å². The molecule has 1 amide bonds. The third-order valence-electron chi connectivity index (χ3n) is 3.87. The highest BCUT2D eigenvalue weighted by Gasteiger charge is 2.65. The lowest BCUT2D eigenvalue weighted by Crippen LogP contribution is -2.40. The van der Waals surface area contributed by atoms with E-state index in [9.17, 15) is 14.4 Å². The minimum Gasteiger partial charge on any atom is -0.455 e. The summed E-state index contributed by atoms with van der Waals surface area (Å²) < 4.78 is 16.1. The molecular weight excluding hydrogens is 266 g/mol. The summed E-state index contributed by atoms with van der Waals surface area (Å²) in [6.07, 6.45) is 0.206. The van der Waals surface area contributed by atoms with E-state index in [2.05, 4.69) is 11.9 Å². The van der Waals surface area contributed by atoms with Gasteiger partial charge in [-0.2, -0.15) is 0 Å². The second-order valence-corrected chi connectivity index (χ2v) is 5.08. The van der Waals surface area contributed by atoms with Crippen LogP contribution in [-0.4, -0.2) is 48.8 Å². The lowest BCUT2D eigenvalue weighted by atomic mass is 9.88. The molecule has 3 heterocycles. The van der Waals surface area contributed by atoms with Gasteiger partial charge in [0.25, 0.3) is 0 Å². The van der Waals surface area contributed by atoms with Crippen molar-refractivity contribution in [1.82, 2.24) is 5.32 Å². The van der Waals surface area contributed by atoms with E-state index in [1.54, 1.807) is 0 Å². The summed E-state index contributed by atoms with van der Waals surface area (Å²) in [4.78, 5) is 34.1. The van der Waals surface area contributed by atoms with E-state index < -0.39 is 18.2 Å². The molecule has 108 valence electrons. The first-order chi connectivity index (χ1) is 9.60. The fourth-order valence-electron chi connectivity index (χ4n) is 2.95. The minimum absolute atomic E-state index is 0.0531. The van der Waals surface area contributed by atoms with Gasteiger partial charge in [-0.3, -0.25) is 14.4 Å². The summed E-state index contributed by atoms with van der Waals surface area (Å²) in [6, 6.07) is 0. The lowest BCUT2D eigenvalue weighted by molar-refractivity contribution is -0.160. The van der Waals surface area contributed by atoms with Gasteiger partial charge in [0, 0.05) is 6.54 Å². The molecule has 5 atom stereocenters. The van der Waals surface area contributed by atoms with Crippen LogP contribution in [0.2, 0.25) is 0 Å². The molecule has 0 saturated carbocycles. The van der Waals surface area contributed by atoms with Crippen molar-refractivity contribution in [2.24, 2.45) is 5.92 Å². The van der Waals surface area contributed by atoms with Gasteiger partial charge in [-0.1, -0.05) is 6.58 Å². The molecule has 3 rings (SSSR count). The number of hydrogen-bond acceptors (Lipinski definition) is 6. The predicted octanol–water partition coefficient (Wildman–Crippen LogP) is -0.697. The highest BCUT2D eigenvalue weighted by atomic mass is 16.7. The summed E-state index contributed by atoms with van der Waals surface area (Å²) in [6.45, 7) is 3.49. The predicted molar refractivity (Wildman–Crippen MR) is 64.4 cm³/mol. The molecule has 3 saturated heterocycles. The molecule has 20 heavy (non-hydrogen) atoms. The Bertz CT molecular complexity index is 475. The van der Waals surface area contributed by atoms with Gasteiger partial charge in [-0.05, 0) is 12.5 Å². The molecule has 0 spiro atoms. The zero-order chi connectivity index (χ0) is 14.3. The van der Waals surface area contributed by atoms with Crippen LogP contribution in [-0.2, 0) is 28.6 Å². The first-order valence-corrected chi connectivity index (χ1v) is 6.56. The summed E-state index contributed by atoms with van der Waals surface area (Å²) >= 11 is 0. The molecule has 0 aromatic carbocycles. The molecule has 0 aromatic heterocycles. The molecule has 3 fully saturated rings. The maximum Gasteiger partial charge on any atom is 0.312 e. The number of fused-ring (bicyclic) bond motifs is 1. The number of amides is 1. The Balaban J connectivity index is 1.49. The summed E-state index contributed by atoms with van der Waals surface area (Å²) in [5.74, 6) is -1.25. The maximum absolute atomic E-state index is 11.7. The van der Waals surface area contributed by atoms with Crippen molar-refractivity contribution in [2.75, 3.05) is 6.54 Å². The van der Waals surface area contributed by atoms with Crippen molar-refractivity contribution in [2.45, 2.75) is 37.3 Å². The molecular formula is C13H15NO6. The standard InChI is InChI=1S/C13H15NO6/c1-2-8(15)14-4-3-9(16)19-11-7-5-6-10(18-7)12(11)20-13(6)17/h2,6-7,10-12H,1,3-5H2,(H,14,15). The van der Waals surface area contributed by atoms with Crippen LogP contribution in [0, 0.1) is 5.92 Å². The highest BCUT2D eigenvalue weighted by molar-refractivity contribution is 5.87. The van der Waals surface area contributed by atoms with Crippen LogP contribution in [0.15, 0.2) is 12.7 Å². The Morgan fingerprint density at radius 2 is 2.25 bits per heavy atom. The highest BCUT2D eigenvalue weighted by Crippen LogP contribution is 2.47. The monoisotopic (exact) mass is 281 g/mol. The van der Waals surface area contributed by atoms with Gasteiger partial charge in [0.1, 0.15) is 6.10 Å². The Morgan fingerprint density at radius 1 is 1.45 bits per heavy atom. The first kappa shape index (κ1) is 13.1. The van der Waals surface area contributed by atoms with Gasteiger partial charge >= 0.3 is 11.9 Å². The van der Waals surface area contributed by atoms with E-state index in [1.165, 1.54) is 0 Å². The van der Waals surface area contributed by atoms with Gasteiger partial charge in [-0.15, -0.1) is 0 Å². The second kappa shape index (κ2) is 4.90. The second-order valence-electron chi connectivity index (χ2n) is 5.08. The number of carbonyl (C=O) groups excluding carboxylic acids is 3. The lowest BCUT2D eigenvalue weighted by Gasteiger charge is -2.22. The number of esters is 2. The van der Waals surface area contributed by atoms with Gasteiger partial charge in [-0.25, -0.2) is 0 Å². The van der Waals surface area contributed by atoms with Crippen LogP contribution >= 0.6 is 0 Å². The van der Waals surface area contributed by atoms with E-state index in [-0.39, 0.29) is 43.0 Å². The first-order valence-electron chi connectivity index (χ1n) is 6.56. The van der Waals surface area contributed by atoms with Gasteiger partial charge < -0.3 is 19.5 Å². The molecule has 7 nitrogen and oxygen atoms in total. The summed E-state index contributed by atoms with van der Waals surface area (Å²) in [7, 11) is 0. The van der Waals surface area contributed by atoms with Crippen LogP contribution in [0.4, 0.5) is 0 Å². The van der Waals surface area contributed by atoms with Crippen molar-refractivity contribution in [1.29, 1.82) is 0 Å². The average Bonchev–Trinajstić information content (AvgIpc) is 3.03. The number of carbonyl (C=O) groups is 3. The van der Waals surface area contributed by atoms with Gasteiger partial charge in [0.15, 0.2) is 12.2 Å². The zero-order valence-corrected chi connectivity index (χ0v) is 10.7. The smallest absolute Gasteiger partial charge is 0.312 e. The Kier molecular flexibility index (Phi) is 3.21. The van der Waals surface area contributed by atoms with Crippen molar-refractivity contribution in [3.8, 4) is 0 Å². The fraction of sp³-hybridized carbons (Fsp3) is 0.615. The quantitative estimate of drug-likeness (QED) is 0.529. The molecule has 5 unspecified atom stereocenters. The Morgan fingerprint density at radius 3 is 3.00 bits per heavy atom. The van der Waals surface area contributed by atoms with E-state index in [1.807, 2.05) is 0 Å². The van der Waals surface area contributed by atoms with Gasteiger partial charge in [0.2, 0.25) is 5.91 Å². The molecule has 1 N–H and O–H groups in total. The molecule has 0 radical (unpaired) electrons. The minimum atomic E-state index is -0.523. The van der Waals surface area contributed by atoms with Crippen LogP contribution < -0.4 is 5.32 Å². The molecule has 0 aromatic rings. The number of ether oxygens (including phenoxy) is 3. The topological polar surface area (TPSA) is 90.9 Å². The fourth-order valence-corrected chi connectivity index (χ4v) is 2.95. The van der Waals surface area contributed by atoms with Gasteiger partial charge in [0.05, 0.1) is 18.4 Å². The number of rotatable bonds is 5. The van der Waals surface area contributed by atoms with Crippen molar-refractivity contribution in [3.05, 3.63) is 12.7 Å². The van der Waals surface area contributed by atoms with Crippen molar-refractivity contribution in [3.63, 3.8) is 0 Å². The Hall–Kier alpha value is -1.89. The zero-order valence-electron chi connectivity index (χ0n) is 10.7. The van der Waals surface area contributed by atoms with Crippen LogP contribution in [0.25, 0.3) is 0 Å². The van der Waals surface area contributed by atoms with Crippen LogP contribution in [0.1, 0.15) is 12.8 Å². The molecule has 7 heteroatoms. The average molecular weight is 281 g/mol. The van der Waals surface area contributed by atoms with E-state index >= 15 is 0 Å². The third kappa shape index (κ3) is 2.07.